The summed E-state index contributed by atoms with van der Waals surface area (Å²) in [4.78, 5) is 0. The molecule has 17 heavy (non-hydrogen) atoms. The number of halogens is 1. The second kappa shape index (κ2) is 5.38. The molecule has 0 saturated carbocycles. The van der Waals surface area contributed by atoms with Crippen molar-refractivity contribution >= 4 is 11.6 Å². The van der Waals surface area contributed by atoms with E-state index >= 15 is 0 Å². The van der Waals surface area contributed by atoms with Crippen molar-refractivity contribution in [1.29, 1.82) is 0 Å². The number of nitrogens with one attached hydrogen (secondary N) is 1. The van der Waals surface area contributed by atoms with Crippen LogP contribution in [0.2, 0.25) is 5.02 Å². The van der Waals surface area contributed by atoms with Crippen LogP contribution in [0.5, 0.6) is 0 Å². The van der Waals surface area contributed by atoms with Crippen LogP contribution in [-0.4, -0.2) is 33.6 Å². The fourth-order valence-electron chi connectivity index (χ4n) is 2.42. The van der Waals surface area contributed by atoms with Gasteiger partial charge in [-0.25, -0.2) is 0 Å². The Morgan fingerprint density at radius 2 is 2.41 bits per heavy atom. The van der Waals surface area contributed by atoms with Gasteiger partial charge in [0, 0.05) is 19.5 Å². The van der Waals surface area contributed by atoms with Gasteiger partial charge in [-0.1, -0.05) is 18.5 Å². The number of hydrogen-bond acceptors (Lipinski definition) is 3. The highest BCUT2D eigenvalue weighted by atomic mass is 35.5. The van der Waals surface area contributed by atoms with E-state index in [2.05, 4.69) is 10.4 Å². The predicted molar refractivity (Wildman–Crippen MR) is 68.3 cm³/mol. The van der Waals surface area contributed by atoms with E-state index in [0.29, 0.717) is 11.4 Å². The van der Waals surface area contributed by atoms with Crippen molar-refractivity contribution < 1.29 is 5.11 Å². The second-order valence-corrected chi connectivity index (χ2v) is 5.04. The van der Waals surface area contributed by atoms with Crippen LogP contribution in [-0.2, 0) is 19.9 Å². The zero-order valence-electron chi connectivity index (χ0n) is 10.4. The molecular formula is C12H20ClN3O. The monoisotopic (exact) mass is 257 g/mol. The lowest BCUT2D eigenvalue weighted by Gasteiger charge is -2.18. The first-order valence-corrected chi connectivity index (χ1v) is 6.63. The molecule has 2 atom stereocenters. The largest absolute Gasteiger partial charge is 0.391 e. The minimum absolute atomic E-state index is 0.200. The lowest BCUT2D eigenvalue weighted by molar-refractivity contribution is 0.134. The average Bonchev–Trinajstić information content (AvgIpc) is 2.92. The zero-order chi connectivity index (χ0) is 12.4. The molecule has 1 aliphatic rings. The van der Waals surface area contributed by atoms with Crippen molar-refractivity contribution in [1.82, 2.24) is 15.1 Å². The molecule has 5 heteroatoms. The van der Waals surface area contributed by atoms with Gasteiger partial charge in [0.05, 0.1) is 22.5 Å². The van der Waals surface area contributed by atoms with E-state index in [9.17, 15) is 5.11 Å². The van der Waals surface area contributed by atoms with Crippen LogP contribution in [0, 0.1) is 0 Å². The van der Waals surface area contributed by atoms with Crippen LogP contribution in [0.15, 0.2) is 0 Å². The van der Waals surface area contributed by atoms with E-state index in [4.69, 9.17) is 11.6 Å². The van der Waals surface area contributed by atoms with Gasteiger partial charge >= 0.3 is 0 Å². The van der Waals surface area contributed by atoms with Crippen LogP contribution in [0.1, 0.15) is 31.2 Å². The molecule has 1 fully saturated rings. The first kappa shape index (κ1) is 12.9. The Bertz CT molecular complexity index is 385. The predicted octanol–water partition coefficient (Wildman–Crippen LogP) is 1.29. The summed E-state index contributed by atoms with van der Waals surface area (Å²) in [5.41, 5.74) is 1.85. The maximum Gasteiger partial charge on any atom is 0.0850 e. The van der Waals surface area contributed by atoms with Crippen LogP contribution >= 0.6 is 11.6 Å². The van der Waals surface area contributed by atoms with Gasteiger partial charge in [0.1, 0.15) is 0 Å². The van der Waals surface area contributed by atoms with Gasteiger partial charge in [-0.3, -0.25) is 4.68 Å². The zero-order valence-corrected chi connectivity index (χ0v) is 11.2. The third-order valence-corrected chi connectivity index (χ3v) is 3.90. The van der Waals surface area contributed by atoms with Crippen molar-refractivity contribution in [3.8, 4) is 0 Å². The van der Waals surface area contributed by atoms with Crippen molar-refractivity contribution in [3.05, 3.63) is 16.4 Å². The van der Waals surface area contributed by atoms with Crippen molar-refractivity contribution in [2.75, 3.05) is 6.54 Å². The fraction of sp³-hybridized carbons (Fsp3) is 0.750. The minimum atomic E-state index is -0.380. The van der Waals surface area contributed by atoms with Gasteiger partial charge in [-0.05, 0) is 25.8 Å². The Labute approximate surface area is 107 Å². The van der Waals surface area contributed by atoms with Gasteiger partial charge in [0.25, 0.3) is 0 Å². The lowest BCUT2D eigenvalue weighted by atomic mass is 10.0. The summed E-state index contributed by atoms with van der Waals surface area (Å²) >= 11 is 6.27. The molecule has 2 heterocycles. The van der Waals surface area contributed by atoms with E-state index in [1.807, 2.05) is 14.0 Å². The minimum Gasteiger partial charge on any atom is -0.391 e. The Hall–Kier alpha value is -0.580. The lowest BCUT2D eigenvalue weighted by Crippen LogP contribution is -2.36. The average molecular weight is 258 g/mol. The molecule has 1 saturated heterocycles. The summed E-state index contributed by atoms with van der Waals surface area (Å²) in [5.74, 6) is 0. The molecule has 0 aliphatic carbocycles. The Morgan fingerprint density at radius 3 is 2.94 bits per heavy atom. The van der Waals surface area contributed by atoms with Gasteiger partial charge in [0.15, 0.2) is 0 Å². The molecule has 0 aromatic carbocycles. The van der Waals surface area contributed by atoms with E-state index in [1.165, 1.54) is 0 Å². The third-order valence-electron chi connectivity index (χ3n) is 3.47. The van der Waals surface area contributed by atoms with Crippen LogP contribution in [0.25, 0.3) is 0 Å². The Kier molecular flexibility index (Phi) is 4.07. The highest BCUT2D eigenvalue weighted by Gasteiger charge is 2.25. The summed E-state index contributed by atoms with van der Waals surface area (Å²) in [5, 5.41) is 18.6. The first-order chi connectivity index (χ1) is 8.13. The smallest absolute Gasteiger partial charge is 0.0850 e. The Balaban J connectivity index is 2.09. The molecule has 1 aromatic rings. The SMILES string of the molecule is CCc1nn(C)c(CC(O)C2CCCN2)c1Cl. The number of aryl methyl sites for hydroxylation is 2. The summed E-state index contributed by atoms with van der Waals surface area (Å²) in [6.45, 7) is 3.04. The summed E-state index contributed by atoms with van der Waals surface area (Å²) in [6, 6.07) is 0.200. The number of aliphatic hydroxyl groups is 1. The number of nitrogens with zero attached hydrogens (tertiary/aromatic N) is 2. The number of hydrogen-bond donors (Lipinski definition) is 2. The van der Waals surface area contributed by atoms with Crippen molar-refractivity contribution in [2.24, 2.45) is 7.05 Å². The van der Waals surface area contributed by atoms with E-state index in [-0.39, 0.29) is 12.1 Å². The first-order valence-electron chi connectivity index (χ1n) is 6.25. The summed E-state index contributed by atoms with van der Waals surface area (Å²) in [7, 11) is 1.88. The molecule has 1 aromatic heterocycles. The van der Waals surface area contributed by atoms with E-state index < -0.39 is 0 Å². The van der Waals surface area contributed by atoms with Crippen LogP contribution in [0.3, 0.4) is 0 Å². The molecular weight excluding hydrogens is 238 g/mol. The van der Waals surface area contributed by atoms with Gasteiger partial charge in [-0.15, -0.1) is 0 Å². The molecule has 4 nitrogen and oxygen atoms in total. The normalized spacial score (nSPS) is 22.0. The molecule has 1 aliphatic heterocycles. The van der Waals surface area contributed by atoms with E-state index in [0.717, 1.165) is 37.2 Å². The van der Waals surface area contributed by atoms with Crippen LogP contribution < -0.4 is 5.32 Å². The van der Waals surface area contributed by atoms with Crippen LogP contribution in [0.4, 0.5) is 0 Å². The standard InChI is InChI=1S/C12H20ClN3O/c1-3-8-12(13)10(16(2)15-8)7-11(17)9-5-4-6-14-9/h9,11,14,17H,3-7H2,1-2H3. The molecule has 0 amide bonds. The second-order valence-electron chi connectivity index (χ2n) is 4.66. The third kappa shape index (κ3) is 2.64. The van der Waals surface area contributed by atoms with Crippen molar-refractivity contribution in [2.45, 2.75) is 44.8 Å². The highest BCUT2D eigenvalue weighted by molar-refractivity contribution is 6.31. The highest BCUT2D eigenvalue weighted by Crippen LogP contribution is 2.23. The topological polar surface area (TPSA) is 50.1 Å². The maximum absolute atomic E-state index is 10.2. The van der Waals surface area contributed by atoms with Gasteiger partial charge < -0.3 is 10.4 Å². The molecule has 0 bridgehead atoms. The number of aromatic nitrogens is 2. The van der Waals surface area contributed by atoms with Gasteiger partial charge in [-0.2, -0.15) is 5.10 Å². The number of rotatable bonds is 4. The molecule has 0 spiro atoms. The fourth-order valence-corrected chi connectivity index (χ4v) is 2.79. The molecule has 2 rings (SSSR count). The van der Waals surface area contributed by atoms with E-state index in [1.54, 1.807) is 4.68 Å². The Morgan fingerprint density at radius 1 is 1.65 bits per heavy atom. The maximum atomic E-state index is 10.2. The molecule has 2 N–H and O–H groups in total. The molecule has 2 unspecified atom stereocenters. The number of aliphatic hydroxyl groups excluding tert-OH is 1. The summed E-state index contributed by atoms with van der Waals surface area (Å²) in [6.07, 6.45) is 3.19. The summed E-state index contributed by atoms with van der Waals surface area (Å²) < 4.78 is 1.79. The van der Waals surface area contributed by atoms with Gasteiger partial charge in [0.2, 0.25) is 0 Å². The quantitative estimate of drug-likeness (QED) is 0.855. The molecule has 0 radical (unpaired) electrons. The van der Waals surface area contributed by atoms with Crippen molar-refractivity contribution in [3.63, 3.8) is 0 Å². The molecule has 96 valence electrons.